The van der Waals surface area contributed by atoms with Crippen molar-refractivity contribution in [1.29, 1.82) is 0 Å². The Bertz CT molecular complexity index is 313. The summed E-state index contributed by atoms with van der Waals surface area (Å²) in [7, 11) is 4.15. The Hall–Kier alpha value is -1.14. The van der Waals surface area contributed by atoms with Crippen LogP contribution >= 0.6 is 0 Å². The molecule has 6 nitrogen and oxygen atoms in total. The molecule has 0 aromatic carbocycles. The monoisotopic (exact) mass is 285 g/mol. The average molecular weight is 285 g/mol. The van der Waals surface area contributed by atoms with Gasteiger partial charge >= 0.3 is 5.97 Å². The van der Waals surface area contributed by atoms with Crippen LogP contribution in [0.3, 0.4) is 0 Å². The van der Waals surface area contributed by atoms with Crippen molar-refractivity contribution in [2.24, 2.45) is 0 Å². The number of carbonyl (C=O) groups excluding carboxylic acids is 1. The molecule has 0 spiro atoms. The van der Waals surface area contributed by atoms with E-state index in [-0.39, 0.29) is 12.3 Å². The van der Waals surface area contributed by atoms with Gasteiger partial charge in [0, 0.05) is 39.0 Å². The van der Waals surface area contributed by atoms with Gasteiger partial charge in [-0.25, -0.2) is 0 Å². The largest absolute Gasteiger partial charge is 0.481 e. The molecular formula is C14H27N3O3. The number of carboxylic acid groups (broad SMARTS) is 1. The van der Waals surface area contributed by atoms with E-state index in [0.717, 1.165) is 45.7 Å². The van der Waals surface area contributed by atoms with Crippen LogP contribution < -0.4 is 0 Å². The second-order valence-corrected chi connectivity index (χ2v) is 5.63. The van der Waals surface area contributed by atoms with E-state index in [1.54, 1.807) is 0 Å². The van der Waals surface area contributed by atoms with Gasteiger partial charge in [-0.3, -0.25) is 14.5 Å². The number of aliphatic carboxylic acids is 1. The summed E-state index contributed by atoms with van der Waals surface area (Å²) >= 11 is 0. The van der Waals surface area contributed by atoms with E-state index in [9.17, 15) is 9.59 Å². The average Bonchev–Trinajstić information content (AvgIpc) is 2.38. The van der Waals surface area contributed by atoms with E-state index < -0.39 is 5.97 Å². The zero-order valence-electron chi connectivity index (χ0n) is 12.7. The summed E-state index contributed by atoms with van der Waals surface area (Å²) in [6, 6.07) is 0. The highest BCUT2D eigenvalue weighted by Gasteiger charge is 2.20. The minimum Gasteiger partial charge on any atom is -0.481 e. The lowest BCUT2D eigenvalue weighted by Crippen LogP contribution is -2.49. The number of carboxylic acids is 1. The number of piperazine rings is 1. The fraction of sp³-hybridized carbons (Fsp3) is 0.857. The SMILES string of the molecule is CN(C)CCCN1CCN(C(=O)CCCC(=O)O)CC1. The number of rotatable bonds is 8. The quantitative estimate of drug-likeness (QED) is 0.696. The van der Waals surface area contributed by atoms with Crippen LogP contribution in [0.4, 0.5) is 0 Å². The first-order valence-electron chi connectivity index (χ1n) is 7.35. The Morgan fingerprint density at radius 1 is 1.05 bits per heavy atom. The maximum absolute atomic E-state index is 11.9. The minimum atomic E-state index is -0.830. The first-order chi connectivity index (χ1) is 9.49. The molecular weight excluding hydrogens is 258 g/mol. The van der Waals surface area contributed by atoms with Gasteiger partial charge in [0.2, 0.25) is 5.91 Å². The summed E-state index contributed by atoms with van der Waals surface area (Å²) in [5, 5.41) is 8.56. The van der Waals surface area contributed by atoms with Crippen LogP contribution in [0.2, 0.25) is 0 Å². The zero-order chi connectivity index (χ0) is 15.0. The van der Waals surface area contributed by atoms with Crippen LogP contribution in [0.25, 0.3) is 0 Å². The lowest BCUT2D eigenvalue weighted by atomic mass is 10.2. The molecule has 0 atom stereocenters. The molecule has 1 aliphatic heterocycles. The normalized spacial score (nSPS) is 16.6. The molecule has 1 amide bonds. The van der Waals surface area contributed by atoms with Gasteiger partial charge in [-0.15, -0.1) is 0 Å². The highest BCUT2D eigenvalue weighted by atomic mass is 16.4. The number of hydrogen-bond donors (Lipinski definition) is 1. The van der Waals surface area contributed by atoms with Gasteiger partial charge in [-0.2, -0.15) is 0 Å². The van der Waals surface area contributed by atoms with E-state index in [1.165, 1.54) is 0 Å². The number of carbonyl (C=O) groups is 2. The second-order valence-electron chi connectivity index (χ2n) is 5.63. The van der Waals surface area contributed by atoms with E-state index in [2.05, 4.69) is 23.9 Å². The molecule has 0 aromatic heterocycles. The van der Waals surface area contributed by atoms with Gasteiger partial charge in [0.25, 0.3) is 0 Å². The predicted molar refractivity (Wildman–Crippen MR) is 77.7 cm³/mol. The number of amides is 1. The standard InChI is InChI=1S/C14H27N3O3/c1-15(2)7-4-8-16-9-11-17(12-10-16)13(18)5-3-6-14(19)20/h3-12H2,1-2H3,(H,19,20). The molecule has 1 N–H and O–H groups in total. The minimum absolute atomic E-state index is 0.0796. The molecule has 0 aromatic rings. The fourth-order valence-corrected chi connectivity index (χ4v) is 2.38. The van der Waals surface area contributed by atoms with Crippen molar-refractivity contribution in [3.05, 3.63) is 0 Å². The van der Waals surface area contributed by atoms with Crippen molar-refractivity contribution in [2.75, 3.05) is 53.4 Å². The van der Waals surface area contributed by atoms with Crippen LogP contribution in [0.1, 0.15) is 25.7 Å². The Balaban J connectivity index is 2.14. The van der Waals surface area contributed by atoms with E-state index in [4.69, 9.17) is 5.11 Å². The molecule has 0 aliphatic carbocycles. The molecule has 1 rings (SSSR count). The van der Waals surface area contributed by atoms with Crippen molar-refractivity contribution >= 4 is 11.9 Å². The maximum atomic E-state index is 11.9. The van der Waals surface area contributed by atoms with Crippen molar-refractivity contribution in [1.82, 2.24) is 14.7 Å². The lowest BCUT2D eigenvalue weighted by Gasteiger charge is -2.35. The van der Waals surface area contributed by atoms with Crippen molar-refractivity contribution < 1.29 is 14.7 Å². The molecule has 1 aliphatic rings. The molecule has 6 heteroatoms. The van der Waals surface area contributed by atoms with Crippen LogP contribution in [0, 0.1) is 0 Å². The van der Waals surface area contributed by atoms with Gasteiger partial charge in [0.05, 0.1) is 0 Å². The Morgan fingerprint density at radius 3 is 2.25 bits per heavy atom. The van der Waals surface area contributed by atoms with E-state index >= 15 is 0 Å². The second kappa shape index (κ2) is 8.92. The van der Waals surface area contributed by atoms with Crippen LogP contribution in [0.5, 0.6) is 0 Å². The molecule has 1 saturated heterocycles. The molecule has 0 radical (unpaired) electrons. The Morgan fingerprint density at radius 2 is 1.70 bits per heavy atom. The van der Waals surface area contributed by atoms with E-state index in [0.29, 0.717) is 12.8 Å². The zero-order valence-corrected chi connectivity index (χ0v) is 12.7. The summed E-state index contributed by atoms with van der Waals surface area (Å²) < 4.78 is 0. The Labute approximate surface area is 121 Å². The van der Waals surface area contributed by atoms with E-state index in [1.807, 2.05) is 4.90 Å². The van der Waals surface area contributed by atoms with Crippen LogP contribution in [0.15, 0.2) is 0 Å². The number of nitrogens with zero attached hydrogens (tertiary/aromatic N) is 3. The maximum Gasteiger partial charge on any atom is 0.303 e. The first-order valence-corrected chi connectivity index (χ1v) is 7.35. The Kier molecular flexibility index (Phi) is 7.54. The molecule has 1 heterocycles. The summed E-state index contributed by atoms with van der Waals surface area (Å²) in [4.78, 5) is 28.8. The molecule has 0 unspecified atom stereocenters. The van der Waals surface area contributed by atoms with Crippen LogP contribution in [-0.4, -0.2) is 85.0 Å². The molecule has 0 saturated carbocycles. The van der Waals surface area contributed by atoms with Gasteiger partial charge in [0.15, 0.2) is 0 Å². The molecule has 116 valence electrons. The molecule has 1 fully saturated rings. The lowest BCUT2D eigenvalue weighted by molar-refractivity contribution is -0.137. The van der Waals surface area contributed by atoms with Gasteiger partial charge < -0.3 is 14.9 Å². The topological polar surface area (TPSA) is 64.1 Å². The summed E-state index contributed by atoms with van der Waals surface area (Å²) in [6.45, 7) is 5.57. The third kappa shape index (κ3) is 6.86. The number of hydrogen-bond acceptors (Lipinski definition) is 4. The predicted octanol–water partition coefficient (Wildman–Crippen LogP) is 0.337. The van der Waals surface area contributed by atoms with Gasteiger partial charge in [0.1, 0.15) is 0 Å². The van der Waals surface area contributed by atoms with Gasteiger partial charge in [-0.1, -0.05) is 0 Å². The molecule has 20 heavy (non-hydrogen) atoms. The highest BCUT2D eigenvalue weighted by molar-refractivity contribution is 5.77. The molecule has 0 bridgehead atoms. The first kappa shape index (κ1) is 16.9. The van der Waals surface area contributed by atoms with Crippen molar-refractivity contribution in [3.63, 3.8) is 0 Å². The third-order valence-electron chi connectivity index (χ3n) is 3.59. The van der Waals surface area contributed by atoms with Crippen molar-refractivity contribution in [2.45, 2.75) is 25.7 Å². The summed E-state index contributed by atoms with van der Waals surface area (Å²) in [5.74, 6) is -0.734. The summed E-state index contributed by atoms with van der Waals surface area (Å²) in [5.41, 5.74) is 0. The van der Waals surface area contributed by atoms with Crippen LogP contribution in [-0.2, 0) is 9.59 Å². The highest BCUT2D eigenvalue weighted by Crippen LogP contribution is 2.07. The fourth-order valence-electron chi connectivity index (χ4n) is 2.38. The van der Waals surface area contributed by atoms with Gasteiger partial charge in [-0.05, 0) is 40.0 Å². The smallest absolute Gasteiger partial charge is 0.303 e. The summed E-state index contributed by atoms with van der Waals surface area (Å²) in [6.07, 6.45) is 2.03. The third-order valence-corrected chi connectivity index (χ3v) is 3.59. The van der Waals surface area contributed by atoms with Crippen molar-refractivity contribution in [3.8, 4) is 0 Å².